The molecule has 0 unspecified atom stereocenters. The molecule has 0 atom stereocenters. The number of benzene rings is 2. The first-order valence-electron chi connectivity index (χ1n) is 6.71. The minimum absolute atomic E-state index is 0.00368. The Morgan fingerprint density at radius 1 is 1.15 bits per heavy atom. The average molecular weight is 287 g/mol. The van der Waals surface area contributed by atoms with Crippen molar-refractivity contribution in [3.05, 3.63) is 63.7 Å². The van der Waals surface area contributed by atoms with Crippen molar-refractivity contribution >= 4 is 17.4 Å². The van der Waals surface area contributed by atoms with Crippen molar-refractivity contribution < 1.29 is 9.53 Å². The molecule has 1 heterocycles. The van der Waals surface area contributed by atoms with E-state index in [1.54, 1.807) is 6.07 Å². The highest BCUT2D eigenvalue weighted by Crippen LogP contribution is 2.27. The van der Waals surface area contributed by atoms with E-state index in [0.717, 1.165) is 36.3 Å². The van der Waals surface area contributed by atoms with Gasteiger partial charge < -0.3 is 4.74 Å². The van der Waals surface area contributed by atoms with Crippen molar-refractivity contribution in [2.24, 2.45) is 0 Å². The van der Waals surface area contributed by atoms with Gasteiger partial charge in [-0.15, -0.1) is 0 Å². The van der Waals surface area contributed by atoms with Gasteiger partial charge in [0.05, 0.1) is 6.61 Å². The first-order valence-corrected chi connectivity index (χ1v) is 7.09. The topological polar surface area (TPSA) is 26.3 Å². The number of fused-ring (bicyclic) bond motifs is 1. The molecule has 2 nitrogen and oxygen atoms in total. The number of halogens is 1. The van der Waals surface area contributed by atoms with Gasteiger partial charge in [-0.3, -0.25) is 4.79 Å². The van der Waals surface area contributed by atoms with Crippen LogP contribution in [0.5, 0.6) is 5.75 Å². The lowest BCUT2D eigenvalue weighted by Crippen LogP contribution is -2.10. The lowest BCUT2D eigenvalue weighted by molar-refractivity contribution is 0.103. The lowest BCUT2D eigenvalue weighted by atomic mass is 9.97. The first kappa shape index (κ1) is 13.2. The average Bonchev–Trinajstić information content (AvgIpc) is 2.45. The standard InChI is InChI=1S/C17H15ClO2/c1-11-7-14(10-15(18)8-11)17(19)13-4-5-16-12(9-13)3-2-6-20-16/h4-5,7-10H,2-3,6H2,1H3. The Labute approximate surface area is 123 Å². The normalized spacial score (nSPS) is 13.5. The Bertz CT molecular complexity index is 656. The number of carbonyl (C=O) groups excluding carboxylic acids is 1. The maximum Gasteiger partial charge on any atom is 0.193 e. The molecule has 2 aromatic carbocycles. The summed E-state index contributed by atoms with van der Waals surface area (Å²) in [6.45, 7) is 2.69. The van der Waals surface area contributed by atoms with Crippen LogP contribution in [0.25, 0.3) is 0 Å². The van der Waals surface area contributed by atoms with Crippen molar-refractivity contribution in [1.29, 1.82) is 0 Å². The van der Waals surface area contributed by atoms with Crippen LogP contribution in [0.15, 0.2) is 36.4 Å². The summed E-state index contributed by atoms with van der Waals surface area (Å²) in [5.74, 6) is 0.902. The summed E-state index contributed by atoms with van der Waals surface area (Å²) < 4.78 is 5.57. The minimum Gasteiger partial charge on any atom is -0.493 e. The van der Waals surface area contributed by atoms with E-state index in [-0.39, 0.29) is 5.78 Å². The molecular formula is C17H15ClO2. The third-order valence-electron chi connectivity index (χ3n) is 3.48. The Hall–Kier alpha value is -1.80. The van der Waals surface area contributed by atoms with Gasteiger partial charge in [0.15, 0.2) is 5.78 Å². The van der Waals surface area contributed by atoms with E-state index in [4.69, 9.17) is 16.3 Å². The number of aryl methyl sites for hydroxylation is 2. The zero-order chi connectivity index (χ0) is 14.1. The molecule has 1 aliphatic rings. The molecule has 0 amide bonds. The fourth-order valence-corrected chi connectivity index (χ4v) is 2.83. The van der Waals surface area contributed by atoms with Crippen LogP contribution in [0.4, 0.5) is 0 Å². The van der Waals surface area contributed by atoms with Crippen molar-refractivity contribution in [3.8, 4) is 5.75 Å². The van der Waals surface area contributed by atoms with Crippen LogP contribution in [0.3, 0.4) is 0 Å². The molecule has 0 fully saturated rings. The van der Waals surface area contributed by atoms with Gasteiger partial charge in [0.2, 0.25) is 0 Å². The second-order valence-corrected chi connectivity index (χ2v) is 5.56. The number of ketones is 1. The molecule has 3 heteroatoms. The molecule has 3 rings (SSSR count). The molecule has 0 aliphatic carbocycles. The van der Waals surface area contributed by atoms with E-state index in [1.807, 2.05) is 37.3 Å². The van der Waals surface area contributed by atoms with Crippen molar-refractivity contribution in [2.75, 3.05) is 6.61 Å². The van der Waals surface area contributed by atoms with Crippen molar-refractivity contribution in [2.45, 2.75) is 19.8 Å². The van der Waals surface area contributed by atoms with Crippen molar-refractivity contribution in [3.63, 3.8) is 0 Å². The summed E-state index contributed by atoms with van der Waals surface area (Å²) >= 11 is 6.02. The van der Waals surface area contributed by atoms with Gasteiger partial charge in [0, 0.05) is 16.1 Å². The van der Waals surface area contributed by atoms with Gasteiger partial charge in [0.1, 0.15) is 5.75 Å². The fourth-order valence-electron chi connectivity index (χ4n) is 2.54. The summed E-state index contributed by atoms with van der Waals surface area (Å²) in [6.07, 6.45) is 1.96. The molecule has 0 saturated carbocycles. The predicted molar refractivity (Wildman–Crippen MR) is 79.9 cm³/mol. The van der Waals surface area contributed by atoms with Crippen LogP contribution in [0.2, 0.25) is 5.02 Å². The lowest BCUT2D eigenvalue weighted by Gasteiger charge is -2.17. The molecule has 1 aliphatic heterocycles. The molecular weight excluding hydrogens is 272 g/mol. The van der Waals surface area contributed by atoms with Crippen LogP contribution in [-0.4, -0.2) is 12.4 Å². The molecule has 0 bridgehead atoms. The van der Waals surface area contributed by atoms with Gasteiger partial charge in [-0.25, -0.2) is 0 Å². The molecule has 0 radical (unpaired) electrons. The second-order valence-electron chi connectivity index (χ2n) is 5.12. The number of carbonyl (C=O) groups is 1. The van der Waals surface area contributed by atoms with Crippen LogP contribution < -0.4 is 4.74 Å². The van der Waals surface area contributed by atoms with E-state index in [1.165, 1.54) is 0 Å². The highest BCUT2D eigenvalue weighted by Gasteiger charge is 2.15. The molecule has 0 spiro atoms. The summed E-state index contributed by atoms with van der Waals surface area (Å²) in [4.78, 5) is 12.5. The molecule has 0 aromatic heterocycles. The predicted octanol–water partition coefficient (Wildman–Crippen LogP) is 4.20. The Kier molecular flexibility index (Phi) is 3.49. The Morgan fingerprint density at radius 3 is 2.80 bits per heavy atom. The Morgan fingerprint density at radius 2 is 2.00 bits per heavy atom. The van der Waals surface area contributed by atoms with Crippen LogP contribution in [0.1, 0.15) is 33.5 Å². The fraction of sp³-hybridized carbons (Fsp3) is 0.235. The summed E-state index contributed by atoms with van der Waals surface area (Å²) in [5, 5.41) is 0.592. The largest absolute Gasteiger partial charge is 0.493 e. The van der Waals surface area contributed by atoms with E-state index in [2.05, 4.69) is 0 Å². The number of hydrogen-bond acceptors (Lipinski definition) is 2. The smallest absolute Gasteiger partial charge is 0.193 e. The second kappa shape index (κ2) is 5.29. The summed E-state index contributed by atoms with van der Waals surface area (Å²) in [6, 6.07) is 11.1. The minimum atomic E-state index is 0.00368. The highest BCUT2D eigenvalue weighted by atomic mass is 35.5. The summed E-state index contributed by atoms with van der Waals surface area (Å²) in [5.41, 5.74) is 3.42. The van der Waals surface area contributed by atoms with Gasteiger partial charge >= 0.3 is 0 Å². The zero-order valence-corrected chi connectivity index (χ0v) is 12.0. The SMILES string of the molecule is Cc1cc(Cl)cc(C(=O)c2ccc3c(c2)CCCO3)c1. The van der Waals surface area contributed by atoms with Gasteiger partial charge in [-0.05, 0) is 67.3 Å². The highest BCUT2D eigenvalue weighted by molar-refractivity contribution is 6.31. The monoisotopic (exact) mass is 286 g/mol. The van der Waals surface area contributed by atoms with E-state index in [0.29, 0.717) is 16.1 Å². The molecule has 0 N–H and O–H groups in total. The van der Waals surface area contributed by atoms with Gasteiger partial charge in [0.25, 0.3) is 0 Å². The van der Waals surface area contributed by atoms with Crippen LogP contribution in [0, 0.1) is 6.92 Å². The maximum absolute atomic E-state index is 12.5. The van der Waals surface area contributed by atoms with Gasteiger partial charge in [-0.1, -0.05) is 11.6 Å². The van der Waals surface area contributed by atoms with Gasteiger partial charge in [-0.2, -0.15) is 0 Å². The van der Waals surface area contributed by atoms with Crippen molar-refractivity contribution in [1.82, 2.24) is 0 Å². The van der Waals surface area contributed by atoms with E-state index >= 15 is 0 Å². The molecule has 20 heavy (non-hydrogen) atoms. The molecule has 102 valence electrons. The van der Waals surface area contributed by atoms with E-state index in [9.17, 15) is 4.79 Å². The Balaban J connectivity index is 1.97. The molecule has 2 aromatic rings. The third kappa shape index (κ3) is 2.56. The number of rotatable bonds is 2. The van der Waals surface area contributed by atoms with Crippen LogP contribution in [-0.2, 0) is 6.42 Å². The first-order chi connectivity index (χ1) is 9.63. The quantitative estimate of drug-likeness (QED) is 0.773. The number of hydrogen-bond donors (Lipinski definition) is 0. The zero-order valence-electron chi connectivity index (χ0n) is 11.3. The maximum atomic E-state index is 12.5. The van der Waals surface area contributed by atoms with E-state index < -0.39 is 0 Å². The third-order valence-corrected chi connectivity index (χ3v) is 3.69. The van der Waals surface area contributed by atoms with Crippen LogP contribution >= 0.6 is 11.6 Å². The number of ether oxygens (including phenoxy) is 1. The summed E-state index contributed by atoms with van der Waals surface area (Å²) in [7, 11) is 0. The molecule has 0 saturated heterocycles.